The molecule has 1 fully saturated rings. The number of carbonyl (C=O) groups is 1. The summed E-state index contributed by atoms with van der Waals surface area (Å²) in [5.74, 6) is 0.204. The number of likely N-dealkylation sites (tertiary alicyclic amines) is 1. The zero-order valence-corrected chi connectivity index (χ0v) is 11.3. The van der Waals surface area contributed by atoms with Gasteiger partial charge in [0.1, 0.15) is 5.75 Å². The van der Waals surface area contributed by atoms with Crippen LogP contribution in [0.1, 0.15) is 19.8 Å². The van der Waals surface area contributed by atoms with Gasteiger partial charge in [-0.15, -0.1) is 0 Å². The van der Waals surface area contributed by atoms with Gasteiger partial charge in [-0.25, -0.2) is 0 Å². The molecule has 4 nitrogen and oxygen atoms in total. The maximum absolute atomic E-state index is 11.1. The number of hydrogen-bond acceptors (Lipinski definition) is 3. The van der Waals surface area contributed by atoms with Crippen molar-refractivity contribution in [3.05, 3.63) is 30.3 Å². The summed E-state index contributed by atoms with van der Waals surface area (Å²) in [4.78, 5) is 13.3. The quantitative estimate of drug-likeness (QED) is 0.800. The van der Waals surface area contributed by atoms with E-state index in [1.807, 2.05) is 37.3 Å². The molecule has 1 saturated heterocycles. The number of hydrogen-bond donors (Lipinski definition) is 1. The Morgan fingerprint density at radius 2 is 2.16 bits per heavy atom. The van der Waals surface area contributed by atoms with Gasteiger partial charge in [0, 0.05) is 13.1 Å². The Hall–Kier alpha value is -1.55. The van der Waals surface area contributed by atoms with Crippen molar-refractivity contribution in [1.29, 1.82) is 0 Å². The minimum Gasteiger partial charge on any atom is -0.494 e. The highest BCUT2D eigenvalue weighted by molar-refractivity contribution is 5.74. The van der Waals surface area contributed by atoms with Crippen LogP contribution in [0.25, 0.3) is 0 Å². The molecule has 104 valence electrons. The van der Waals surface area contributed by atoms with Crippen LogP contribution < -0.4 is 4.74 Å². The molecule has 1 N–H and O–H groups in total. The molecule has 0 amide bonds. The van der Waals surface area contributed by atoms with E-state index in [4.69, 9.17) is 9.84 Å². The highest BCUT2D eigenvalue weighted by Gasteiger charge is 2.39. The molecular weight excluding hydrogens is 242 g/mol. The van der Waals surface area contributed by atoms with E-state index >= 15 is 0 Å². The zero-order chi connectivity index (χ0) is 13.7. The summed E-state index contributed by atoms with van der Waals surface area (Å²) >= 11 is 0. The third-order valence-corrected chi connectivity index (χ3v) is 3.70. The maximum atomic E-state index is 11.1. The monoisotopic (exact) mass is 263 g/mol. The fourth-order valence-electron chi connectivity index (χ4n) is 2.42. The minimum absolute atomic E-state index is 0.569. The summed E-state index contributed by atoms with van der Waals surface area (Å²) in [5, 5.41) is 9.16. The lowest BCUT2D eigenvalue weighted by atomic mass is 9.90. The van der Waals surface area contributed by atoms with Gasteiger partial charge in [0.25, 0.3) is 0 Å². The van der Waals surface area contributed by atoms with Crippen LogP contribution in [-0.4, -0.2) is 42.2 Å². The minimum atomic E-state index is -0.685. The molecule has 2 rings (SSSR count). The SMILES string of the molecule is CC1(C(=O)O)CCN(CCCOc2ccccc2)C1. The first-order valence-corrected chi connectivity index (χ1v) is 6.74. The van der Waals surface area contributed by atoms with E-state index in [-0.39, 0.29) is 0 Å². The molecule has 0 bridgehead atoms. The Labute approximate surface area is 114 Å². The van der Waals surface area contributed by atoms with Crippen LogP contribution in [0, 0.1) is 5.41 Å². The van der Waals surface area contributed by atoms with Gasteiger partial charge in [0.15, 0.2) is 0 Å². The summed E-state index contributed by atoms with van der Waals surface area (Å²) in [6.45, 7) is 4.91. The van der Waals surface area contributed by atoms with Crippen molar-refractivity contribution >= 4 is 5.97 Å². The van der Waals surface area contributed by atoms with Crippen molar-refractivity contribution in [1.82, 2.24) is 4.90 Å². The fraction of sp³-hybridized carbons (Fsp3) is 0.533. The number of nitrogens with zero attached hydrogens (tertiary/aromatic N) is 1. The molecule has 1 heterocycles. The highest BCUT2D eigenvalue weighted by atomic mass is 16.5. The number of ether oxygens (including phenoxy) is 1. The van der Waals surface area contributed by atoms with E-state index in [0.29, 0.717) is 13.2 Å². The molecule has 1 aromatic rings. The Morgan fingerprint density at radius 3 is 2.79 bits per heavy atom. The van der Waals surface area contributed by atoms with Gasteiger partial charge >= 0.3 is 5.97 Å². The second-order valence-electron chi connectivity index (χ2n) is 5.41. The molecule has 0 radical (unpaired) electrons. The first-order valence-electron chi connectivity index (χ1n) is 6.74. The first kappa shape index (κ1) is 13.9. The maximum Gasteiger partial charge on any atom is 0.310 e. The molecule has 1 aliphatic rings. The standard InChI is InChI=1S/C15H21NO3/c1-15(14(17)18)8-10-16(12-15)9-5-11-19-13-6-3-2-4-7-13/h2-4,6-7H,5,8-12H2,1H3,(H,17,18). The molecule has 1 atom stereocenters. The topological polar surface area (TPSA) is 49.8 Å². The lowest BCUT2D eigenvalue weighted by molar-refractivity contribution is -0.147. The summed E-state index contributed by atoms with van der Waals surface area (Å²) in [7, 11) is 0. The van der Waals surface area contributed by atoms with Crippen LogP contribution in [0.3, 0.4) is 0 Å². The van der Waals surface area contributed by atoms with E-state index in [0.717, 1.165) is 31.7 Å². The molecular formula is C15H21NO3. The van der Waals surface area contributed by atoms with Crippen LogP contribution in [0.4, 0.5) is 0 Å². The molecule has 1 aliphatic heterocycles. The Kier molecular flexibility index (Phi) is 4.43. The van der Waals surface area contributed by atoms with Gasteiger partial charge in [-0.1, -0.05) is 18.2 Å². The Morgan fingerprint density at radius 1 is 1.42 bits per heavy atom. The van der Waals surface area contributed by atoms with Gasteiger partial charge < -0.3 is 14.7 Å². The van der Waals surface area contributed by atoms with Gasteiger partial charge in [-0.2, -0.15) is 0 Å². The van der Waals surface area contributed by atoms with Crippen LogP contribution in [0.15, 0.2) is 30.3 Å². The Bertz CT molecular complexity index is 421. The van der Waals surface area contributed by atoms with Crippen molar-refractivity contribution in [3.8, 4) is 5.75 Å². The molecule has 4 heteroatoms. The molecule has 0 saturated carbocycles. The van der Waals surface area contributed by atoms with Crippen molar-refractivity contribution in [2.24, 2.45) is 5.41 Å². The highest BCUT2D eigenvalue weighted by Crippen LogP contribution is 2.29. The predicted octanol–water partition coefficient (Wildman–Crippen LogP) is 2.25. The number of aliphatic carboxylic acids is 1. The number of rotatable bonds is 6. The van der Waals surface area contributed by atoms with Gasteiger partial charge in [-0.05, 0) is 38.4 Å². The molecule has 19 heavy (non-hydrogen) atoms. The average molecular weight is 263 g/mol. The van der Waals surface area contributed by atoms with Crippen LogP contribution >= 0.6 is 0 Å². The van der Waals surface area contributed by atoms with Gasteiger partial charge in [-0.3, -0.25) is 4.79 Å². The summed E-state index contributed by atoms with van der Waals surface area (Å²) in [6, 6.07) is 9.75. The first-order chi connectivity index (χ1) is 9.10. The number of para-hydroxylation sites is 1. The van der Waals surface area contributed by atoms with Crippen molar-refractivity contribution in [2.75, 3.05) is 26.2 Å². The van der Waals surface area contributed by atoms with E-state index < -0.39 is 11.4 Å². The number of carboxylic acid groups (broad SMARTS) is 1. The summed E-state index contributed by atoms with van der Waals surface area (Å²) < 4.78 is 5.62. The fourth-order valence-corrected chi connectivity index (χ4v) is 2.42. The molecule has 1 aromatic carbocycles. The molecule has 0 aromatic heterocycles. The van der Waals surface area contributed by atoms with Crippen molar-refractivity contribution < 1.29 is 14.6 Å². The van der Waals surface area contributed by atoms with Crippen LogP contribution in [0.2, 0.25) is 0 Å². The molecule has 1 unspecified atom stereocenters. The van der Waals surface area contributed by atoms with Gasteiger partial charge in [0.2, 0.25) is 0 Å². The number of benzene rings is 1. The zero-order valence-electron chi connectivity index (χ0n) is 11.3. The second kappa shape index (κ2) is 6.06. The van der Waals surface area contributed by atoms with Crippen molar-refractivity contribution in [3.63, 3.8) is 0 Å². The van der Waals surface area contributed by atoms with Gasteiger partial charge in [0.05, 0.1) is 12.0 Å². The van der Waals surface area contributed by atoms with Crippen molar-refractivity contribution in [2.45, 2.75) is 19.8 Å². The average Bonchev–Trinajstić information content (AvgIpc) is 2.79. The van der Waals surface area contributed by atoms with E-state index in [1.165, 1.54) is 0 Å². The predicted molar refractivity (Wildman–Crippen MR) is 73.4 cm³/mol. The van der Waals surface area contributed by atoms with E-state index in [1.54, 1.807) is 0 Å². The second-order valence-corrected chi connectivity index (χ2v) is 5.41. The van der Waals surface area contributed by atoms with E-state index in [2.05, 4.69) is 4.90 Å². The lowest BCUT2D eigenvalue weighted by Crippen LogP contribution is -2.32. The van der Waals surface area contributed by atoms with Crippen LogP contribution in [-0.2, 0) is 4.79 Å². The largest absolute Gasteiger partial charge is 0.494 e. The lowest BCUT2D eigenvalue weighted by Gasteiger charge is -2.19. The summed E-state index contributed by atoms with van der Waals surface area (Å²) in [5.41, 5.74) is -0.569. The smallest absolute Gasteiger partial charge is 0.310 e. The normalized spacial score (nSPS) is 23.4. The molecule has 0 aliphatic carbocycles. The summed E-state index contributed by atoms with van der Waals surface area (Å²) in [6.07, 6.45) is 1.66. The third kappa shape index (κ3) is 3.70. The third-order valence-electron chi connectivity index (χ3n) is 3.70. The number of carboxylic acids is 1. The Balaban J connectivity index is 1.66. The van der Waals surface area contributed by atoms with E-state index in [9.17, 15) is 4.79 Å². The molecule has 0 spiro atoms. The van der Waals surface area contributed by atoms with Crippen LogP contribution in [0.5, 0.6) is 5.75 Å².